The largest absolute Gasteiger partial charge is 0.396 e. The van der Waals surface area contributed by atoms with E-state index in [1.165, 1.54) is 12.1 Å². The molecule has 0 saturated heterocycles. The summed E-state index contributed by atoms with van der Waals surface area (Å²) >= 11 is 5.88. The molecule has 0 radical (unpaired) electrons. The molecule has 0 aromatic heterocycles. The minimum atomic E-state index is -0.147. The lowest BCUT2D eigenvalue weighted by molar-refractivity contribution is 0.0982. The van der Waals surface area contributed by atoms with Gasteiger partial charge in [-0.3, -0.25) is 4.79 Å². The van der Waals surface area contributed by atoms with Crippen LogP contribution >= 0.6 is 11.6 Å². The zero-order valence-electron chi connectivity index (χ0n) is 10.7. The monoisotopic (exact) mass is 265 g/mol. The van der Waals surface area contributed by atoms with Crippen LogP contribution in [0.5, 0.6) is 0 Å². The number of carbonyl (C=O) groups excluding carboxylic acids is 1. The first-order valence-corrected chi connectivity index (χ1v) is 5.90. The third-order valence-electron chi connectivity index (χ3n) is 2.35. The molecule has 0 unspecified atom stereocenters. The van der Waals surface area contributed by atoms with Crippen LogP contribution in [0.15, 0.2) is 12.1 Å². The quantitative estimate of drug-likeness (QED) is 0.650. The average Bonchev–Trinajstić information content (AvgIpc) is 2.28. The number of nitrogen functional groups attached to an aromatic ring is 1. The number of anilines is 1. The van der Waals surface area contributed by atoms with Gasteiger partial charge in [0.1, 0.15) is 6.07 Å². The minimum absolute atomic E-state index is 0.122. The van der Waals surface area contributed by atoms with Crippen molar-refractivity contribution < 1.29 is 4.79 Å². The van der Waals surface area contributed by atoms with Gasteiger partial charge in [-0.15, -0.1) is 0 Å². The lowest BCUT2D eigenvalue weighted by Gasteiger charge is -2.19. The number of nitrogens with two attached hydrogens (primary N) is 1. The van der Waals surface area contributed by atoms with Gasteiger partial charge >= 0.3 is 0 Å². The van der Waals surface area contributed by atoms with E-state index < -0.39 is 0 Å². The van der Waals surface area contributed by atoms with Gasteiger partial charge in [-0.2, -0.15) is 5.26 Å². The van der Waals surface area contributed by atoms with Gasteiger partial charge in [-0.1, -0.05) is 11.6 Å². The second-order valence-corrected chi connectivity index (χ2v) is 5.47. The standard InChI is InChI=1S/C13H16ClN3O/c1-13(2,3)17-7-11(18)8-4-9(6-15)12(16)10(14)5-8/h4-5,17H,7,16H2,1-3H3. The summed E-state index contributed by atoms with van der Waals surface area (Å²) in [7, 11) is 0. The van der Waals surface area contributed by atoms with Gasteiger partial charge in [0.25, 0.3) is 0 Å². The molecule has 3 N–H and O–H groups in total. The predicted molar refractivity (Wildman–Crippen MR) is 72.7 cm³/mol. The number of benzene rings is 1. The topological polar surface area (TPSA) is 78.9 Å². The number of nitrogens with one attached hydrogen (secondary N) is 1. The van der Waals surface area contributed by atoms with Gasteiger partial charge in [0.05, 0.1) is 22.8 Å². The first-order valence-electron chi connectivity index (χ1n) is 5.52. The molecule has 1 rings (SSSR count). The maximum atomic E-state index is 12.0. The van der Waals surface area contributed by atoms with Crippen molar-refractivity contribution in [2.75, 3.05) is 12.3 Å². The van der Waals surface area contributed by atoms with Crippen LogP contribution in [-0.4, -0.2) is 17.9 Å². The number of rotatable bonds is 3. The highest BCUT2D eigenvalue weighted by Crippen LogP contribution is 2.24. The second-order valence-electron chi connectivity index (χ2n) is 5.06. The Morgan fingerprint density at radius 1 is 1.50 bits per heavy atom. The molecule has 0 saturated carbocycles. The Balaban J connectivity index is 2.94. The summed E-state index contributed by atoms with van der Waals surface area (Å²) in [6.45, 7) is 6.10. The summed E-state index contributed by atoms with van der Waals surface area (Å²) in [4.78, 5) is 12.0. The smallest absolute Gasteiger partial charge is 0.176 e. The van der Waals surface area contributed by atoms with Gasteiger partial charge in [-0.05, 0) is 32.9 Å². The van der Waals surface area contributed by atoms with E-state index >= 15 is 0 Å². The van der Waals surface area contributed by atoms with Crippen molar-refractivity contribution in [1.82, 2.24) is 5.32 Å². The highest BCUT2D eigenvalue weighted by Gasteiger charge is 2.15. The molecule has 96 valence electrons. The maximum absolute atomic E-state index is 12.0. The molecule has 18 heavy (non-hydrogen) atoms. The first-order chi connectivity index (χ1) is 8.24. The third-order valence-corrected chi connectivity index (χ3v) is 2.66. The van der Waals surface area contributed by atoms with Crippen LogP contribution in [0.25, 0.3) is 0 Å². The first kappa shape index (κ1) is 14.5. The zero-order chi connectivity index (χ0) is 13.9. The van der Waals surface area contributed by atoms with E-state index in [-0.39, 0.29) is 34.1 Å². The summed E-state index contributed by atoms with van der Waals surface area (Å²) in [6.07, 6.45) is 0. The number of carbonyl (C=O) groups is 1. The molecule has 0 aliphatic heterocycles. The highest BCUT2D eigenvalue weighted by atomic mass is 35.5. The maximum Gasteiger partial charge on any atom is 0.176 e. The van der Waals surface area contributed by atoms with Gasteiger partial charge < -0.3 is 11.1 Å². The summed E-state index contributed by atoms with van der Waals surface area (Å²) in [5.74, 6) is -0.122. The van der Waals surface area contributed by atoms with Crippen LogP contribution in [0, 0.1) is 11.3 Å². The molecule has 1 aromatic carbocycles. The molecular formula is C13H16ClN3O. The molecule has 0 spiro atoms. The fourth-order valence-electron chi connectivity index (χ4n) is 1.32. The number of ketones is 1. The summed E-state index contributed by atoms with van der Waals surface area (Å²) in [5.41, 5.74) is 6.30. The third kappa shape index (κ3) is 3.73. The van der Waals surface area contributed by atoms with E-state index in [1.54, 1.807) is 0 Å². The molecule has 0 heterocycles. The minimum Gasteiger partial charge on any atom is -0.396 e. The Morgan fingerprint density at radius 3 is 2.61 bits per heavy atom. The van der Waals surface area contributed by atoms with Crippen molar-refractivity contribution in [3.05, 3.63) is 28.3 Å². The van der Waals surface area contributed by atoms with Gasteiger partial charge in [-0.25, -0.2) is 0 Å². The van der Waals surface area contributed by atoms with Crippen LogP contribution in [0.2, 0.25) is 5.02 Å². The zero-order valence-corrected chi connectivity index (χ0v) is 11.4. The van der Waals surface area contributed by atoms with Crippen molar-refractivity contribution in [3.8, 4) is 6.07 Å². The molecule has 0 atom stereocenters. The number of halogens is 1. The molecule has 1 aromatic rings. The normalized spacial score (nSPS) is 11.1. The van der Waals surface area contributed by atoms with Gasteiger partial charge in [0.15, 0.2) is 5.78 Å². The molecule has 5 heteroatoms. The van der Waals surface area contributed by atoms with Crippen LogP contribution in [0.1, 0.15) is 36.7 Å². The van der Waals surface area contributed by atoms with Gasteiger partial charge in [0, 0.05) is 11.1 Å². The number of Topliss-reactive ketones (excluding diaryl/α,β-unsaturated/α-hetero) is 1. The molecule has 0 amide bonds. The van der Waals surface area contributed by atoms with E-state index in [9.17, 15) is 4.79 Å². The van der Waals surface area contributed by atoms with E-state index in [4.69, 9.17) is 22.6 Å². The summed E-state index contributed by atoms with van der Waals surface area (Å²) in [5, 5.41) is 12.2. The van der Waals surface area contributed by atoms with Crippen LogP contribution in [0.4, 0.5) is 5.69 Å². The Labute approximate surface area is 112 Å². The predicted octanol–water partition coefficient (Wildman–Crippen LogP) is 2.36. The van der Waals surface area contributed by atoms with Crippen molar-refractivity contribution in [1.29, 1.82) is 5.26 Å². The molecule has 4 nitrogen and oxygen atoms in total. The molecule has 0 bridgehead atoms. The Kier molecular flexibility index (Phi) is 4.33. The Morgan fingerprint density at radius 2 is 2.11 bits per heavy atom. The van der Waals surface area contributed by atoms with Crippen LogP contribution < -0.4 is 11.1 Å². The molecule has 0 aliphatic rings. The average molecular weight is 266 g/mol. The van der Waals surface area contributed by atoms with Crippen molar-refractivity contribution in [3.63, 3.8) is 0 Å². The Bertz CT molecular complexity index is 512. The lowest BCUT2D eigenvalue weighted by atomic mass is 10.0. The van der Waals surface area contributed by atoms with Gasteiger partial charge in [0.2, 0.25) is 0 Å². The van der Waals surface area contributed by atoms with Crippen molar-refractivity contribution >= 4 is 23.1 Å². The molecular weight excluding hydrogens is 250 g/mol. The fraction of sp³-hybridized carbons (Fsp3) is 0.385. The van der Waals surface area contributed by atoms with E-state index in [1.807, 2.05) is 26.8 Å². The number of nitriles is 1. The number of nitrogens with zero attached hydrogens (tertiary/aromatic N) is 1. The highest BCUT2D eigenvalue weighted by molar-refractivity contribution is 6.33. The van der Waals surface area contributed by atoms with Crippen molar-refractivity contribution in [2.24, 2.45) is 0 Å². The van der Waals surface area contributed by atoms with E-state index in [0.29, 0.717) is 5.56 Å². The fourth-order valence-corrected chi connectivity index (χ4v) is 1.54. The number of hydrogen-bond acceptors (Lipinski definition) is 4. The van der Waals surface area contributed by atoms with E-state index in [2.05, 4.69) is 5.32 Å². The summed E-state index contributed by atoms with van der Waals surface area (Å²) < 4.78 is 0. The van der Waals surface area contributed by atoms with Crippen LogP contribution in [0.3, 0.4) is 0 Å². The SMILES string of the molecule is CC(C)(C)NCC(=O)c1cc(Cl)c(N)c(C#N)c1. The lowest BCUT2D eigenvalue weighted by Crippen LogP contribution is -2.39. The molecule has 0 aliphatic carbocycles. The Hall–Kier alpha value is -1.57. The summed E-state index contributed by atoms with van der Waals surface area (Å²) in [6, 6.07) is 4.88. The second kappa shape index (κ2) is 5.38. The van der Waals surface area contributed by atoms with Crippen LogP contribution in [-0.2, 0) is 0 Å². The molecule has 0 fully saturated rings. The number of hydrogen-bond donors (Lipinski definition) is 2. The van der Waals surface area contributed by atoms with E-state index in [0.717, 1.165) is 0 Å². The van der Waals surface area contributed by atoms with Crippen molar-refractivity contribution in [2.45, 2.75) is 26.3 Å².